The first kappa shape index (κ1) is 16.4. The molecule has 1 aliphatic carbocycles. The van der Waals surface area contributed by atoms with Crippen LogP contribution < -0.4 is 0 Å². The molecule has 1 fully saturated rings. The van der Waals surface area contributed by atoms with Crippen LogP contribution in [0.3, 0.4) is 0 Å². The van der Waals surface area contributed by atoms with Gasteiger partial charge in [-0.1, -0.05) is 31.0 Å². The molecule has 0 bridgehead atoms. The summed E-state index contributed by atoms with van der Waals surface area (Å²) in [4.78, 5) is 18.3. The molecule has 0 radical (unpaired) electrons. The lowest BCUT2D eigenvalue weighted by atomic mass is 9.89. The molecule has 0 unspecified atom stereocenters. The summed E-state index contributed by atoms with van der Waals surface area (Å²) in [5.41, 5.74) is 0.764. The maximum atomic E-state index is 12.2. The summed E-state index contributed by atoms with van der Waals surface area (Å²) >= 11 is 1.43. The summed E-state index contributed by atoms with van der Waals surface area (Å²) in [6, 6.07) is 0. The number of amides is 1. The van der Waals surface area contributed by atoms with E-state index in [0.29, 0.717) is 11.7 Å². The van der Waals surface area contributed by atoms with Crippen molar-refractivity contribution in [2.75, 3.05) is 19.3 Å². The average molecular weight is 311 g/mol. The number of carbonyl (C=O) groups excluding carboxylic acids is 1. The SMILES string of the molecule is CN(CC1CCCCC1)C(=O)CSc1ncc(CO)n1C. The zero-order chi connectivity index (χ0) is 15.2. The van der Waals surface area contributed by atoms with E-state index in [1.165, 1.54) is 43.9 Å². The smallest absolute Gasteiger partial charge is 0.232 e. The number of imidazole rings is 1. The Balaban J connectivity index is 1.78. The maximum Gasteiger partial charge on any atom is 0.232 e. The quantitative estimate of drug-likeness (QED) is 0.817. The summed E-state index contributed by atoms with van der Waals surface area (Å²) in [7, 11) is 3.76. The Bertz CT molecular complexity index is 469. The van der Waals surface area contributed by atoms with Gasteiger partial charge in [-0.3, -0.25) is 4.79 Å². The molecule has 5 nitrogen and oxygen atoms in total. The molecule has 2 rings (SSSR count). The Hall–Kier alpha value is -1.01. The van der Waals surface area contributed by atoms with E-state index in [9.17, 15) is 4.79 Å². The van der Waals surface area contributed by atoms with Crippen molar-refractivity contribution < 1.29 is 9.90 Å². The van der Waals surface area contributed by atoms with Crippen LogP contribution in [-0.2, 0) is 18.4 Å². The molecule has 1 aromatic heterocycles. The van der Waals surface area contributed by atoms with E-state index in [0.717, 1.165) is 17.4 Å². The van der Waals surface area contributed by atoms with Crippen LogP contribution in [-0.4, -0.2) is 44.8 Å². The van der Waals surface area contributed by atoms with Crippen LogP contribution >= 0.6 is 11.8 Å². The van der Waals surface area contributed by atoms with E-state index in [2.05, 4.69) is 4.98 Å². The standard InChI is InChI=1S/C15H25N3O2S/c1-17(9-12-6-4-3-5-7-12)14(20)11-21-15-16-8-13(10-19)18(15)2/h8,12,19H,3-7,9-11H2,1-2H3. The molecule has 0 atom stereocenters. The molecule has 1 amide bonds. The Morgan fingerprint density at radius 1 is 1.48 bits per heavy atom. The molecule has 21 heavy (non-hydrogen) atoms. The van der Waals surface area contributed by atoms with Crippen LogP contribution in [0.1, 0.15) is 37.8 Å². The fourth-order valence-electron chi connectivity index (χ4n) is 2.80. The topological polar surface area (TPSA) is 58.4 Å². The van der Waals surface area contributed by atoms with Crippen LogP contribution in [0.15, 0.2) is 11.4 Å². The Morgan fingerprint density at radius 2 is 2.19 bits per heavy atom. The number of hydrogen-bond acceptors (Lipinski definition) is 4. The van der Waals surface area contributed by atoms with Crippen molar-refractivity contribution in [1.82, 2.24) is 14.5 Å². The fraction of sp³-hybridized carbons (Fsp3) is 0.733. The van der Waals surface area contributed by atoms with Gasteiger partial charge in [0.1, 0.15) is 0 Å². The van der Waals surface area contributed by atoms with Gasteiger partial charge in [0.2, 0.25) is 5.91 Å². The van der Waals surface area contributed by atoms with Gasteiger partial charge in [0.25, 0.3) is 0 Å². The zero-order valence-corrected chi connectivity index (χ0v) is 13.7. The molecule has 1 N–H and O–H groups in total. The van der Waals surface area contributed by atoms with Crippen molar-refractivity contribution in [3.8, 4) is 0 Å². The van der Waals surface area contributed by atoms with Crippen LogP contribution in [0.5, 0.6) is 0 Å². The molecule has 118 valence electrons. The average Bonchev–Trinajstić information content (AvgIpc) is 2.86. The second kappa shape index (κ2) is 7.84. The van der Waals surface area contributed by atoms with Gasteiger partial charge in [-0.2, -0.15) is 0 Å². The molecule has 0 aliphatic heterocycles. The summed E-state index contributed by atoms with van der Waals surface area (Å²) in [5, 5.41) is 9.91. The summed E-state index contributed by atoms with van der Waals surface area (Å²) in [6.07, 6.45) is 8.11. The van der Waals surface area contributed by atoms with Crippen molar-refractivity contribution in [3.63, 3.8) is 0 Å². The van der Waals surface area contributed by atoms with Crippen molar-refractivity contribution in [1.29, 1.82) is 0 Å². The number of aromatic nitrogens is 2. The maximum absolute atomic E-state index is 12.2. The molecule has 1 aromatic rings. The van der Waals surface area contributed by atoms with E-state index < -0.39 is 0 Å². The Labute approximate surface area is 130 Å². The third kappa shape index (κ3) is 4.48. The molecule has 6 heteroatoms. The monoisotopic (exact) mass is 311 g/mol. The zero-order valence-electron chi connectivity index (χ0n) is 12.9. The number of thioether (sulfide) groups is 1. The number of carbonyl (C=O) groups is 1. The van der Waals surface area contributed by atoms with Gasteiger partial charge in [-0.15, -0.1) is 0 Å². The van der Waals surface area contributed by atoms with Crippen LogP contribution in [0.4, 0.5) is 0 Å². The number of nitrogens with zero attached hydrogens (tertiary/aromatic N) is 3. The van der Waals surface area contributed by atoms with E-state index >= 15 is 0 Å². The first-order valence-corrected chi connectivity index (χ1v) is 8.58. The minimum Gasteiger partial charge on any atom is -0.390 e. The lowest BCUT2D eigenvalue weighted by Gasteiger charge is -2.27. The predicted molar refractivity (Wildman–Crippen MR) is 84.1 cm³/mol. The van der Waals surface area contributed by atoms with Gasteiger partial charge in [0, 0.05) is 20.6 Å². The van der Waals surface area contributed by atoms with Gasteiger partial charge in [-0.25, -0.2) is 4.98 Å². The largest absolute Gasteiger partial charge is 0.390 e. The van der Waals surface area contributed by atoms with Crippen molar-refractivity contribution in [2.24, 2.45) is 13.0 Å². The molecular weight excluding hydrogens is 286 g/mol. The first-order chi connectivity index (χ1) is 10.1. The van der Waals surface area contributed by atoms with Crippen molar-refractivity contribution in [3.05, 3.63) is 11.9 Å². The minimum absolute atomic E-state index is 0.0282. The van der Waals surface area contributed by atoms with Gasteiger partial charge < -0.3 is 14.6 Å². The first-order valence-electron chi connectivity index (χ1n) is 7.60. The summed E-state index contributed by atoms with van der Waals surface area (Å²) < 4.78 is 1.83. The Kier molecular flexibility index (Phi) is 6.11. The van der Waals surface area contributed by atoms with Crippen LogP contribution in [0.2, 0.25) is 0 Å². The third-order valence-corrected chi connectivity index (χ3v) is 5.24. The number of hydrogen-bond donors (Lipinski definition) is 1. The van der Waals surface area contributed by atoms with E-state index in [-0.39, 0.29) is 12.5 Å². The lowest BCUT2D eigenvalue weighted by molar-refractivity contribution is -0.127. The Morgan fingerprint density at radius 3 is 2.81 bits per heavy atom. The van der Waals surface area contributed by atoms with Crippen molar-refractivity contribution >= 4 is 17.7 Å². The molecular formula is C15H25N3O2S. The lowest BCUT2D eigenvalue weighted by Crippen LogP contribution is -2.33. The molecule has 0 saturated heterocycles. The minimum atomic E-state index is -0.0282. The van der Waals surface area contributed by atoms with Crippen LogP contribution in [0, 0.1) is 5.92 Å². The number of rotatable bonds is 6. The van der Waals surface area contributed by atoms with E-state index in [4.69, 9.17) is 5.11 Å². The molecule has 0 spiro atoms. The predicted octanol–water partition coefficient (Wildman–Crippen LogP) is 2.04. The highest BCUT2D eigenvalue weighted by Crippen LogP contribution is 2.24. The van der Waals surface area contributed by atoms with Gasteiger partial charge in [-0.05, 0) is 18.8 Å². The van der Waals surface area contributed by atoms with Gasteiger partial charge in [0.15, 0.2) is 5.16 Å². The summed E-state index contributed by atoms with van der Waals surface area (Å²) in [5.74, 6) is 1.23. The molecule has 0 aromatic carbocycles. The van der Waals surface area contributed by atoms with Crippen molar-refractivity contribution in [2.45, 2.75) is 43.9 Å². The van der Waals surface area contributed by atoms with E-state index in [1.807, 2.05) is 23.6 Å². The van der Waals surface area contributed by atoms with E-state index in [1.54, 1.807) is 6.20 Å². The second-order valence-corrected chi connectivity index (χ2v) is 6.76. The highest BCUT2D eigenvalue weighted by Gasteiger charge is 2.19. The highest BCUT2D eigenvalue weighted by molar-refractivity contribution is 7.99. The molecule has 1 saturated carbocycles. The highest BCUT2D eigenvalue weighted by atomic mass is 32.2. The fourth-order valence-corrected chi connectivity index (χ4v) is 3.71. The number of aliphatic hydroxyl groups is 1. The summed E-state index contributed by atoms with van der Waals surface area (Å²) in [6.45, 7) is 0.849. The normalized spacial score (nSPS) is 16.1. The molecule has 1 aliphatic rings. The second-order valence-electron chi connectivity index (χ2n) is 5.82. The third-order valence-electron chi connectivity index (χ3n) is 4.21. The van der Waals surface area contributed by atoms with Crippen LogP contribution in [0.25, 0.3) is 0 Å². The van der Waals surface area contributed by atoms with Gasteiger partial charge >= 0.3 is 0 Å². The van der Waals surface area contributed by atoms with Gasteiger partial charge in [0.05, 0.1) is 24.3 Å². The number of aliphatic hydroxyl groups excluding tert-OH is 1. The molecule has 1 heterocycles.